The predicted molar refractivity (Wildman–Crippen MR) is 258 cm³/mol. The number of nitrogens with zero attached hydrogens (tertiary/aromatic N) is 7. The molecule has 0 bridgehead atoms. The Morgan fingerprint density at radius 3 is 2.30 bits per heavy atom. The zero-order chi connectivity index (χ0) is 50.3. The van der Waals surface area contributed by atoms with Crippen molar-refractivity contribution >= 4 is 40.8 Å². The highest BCUT2D eigenvalue weighted by Crippen LogP contribution is 2.55. The fourth-order valence-electron chi connectivity index (χ4n) is 9.40. The van der Waals surface area contributed by atoms with Crippen LogP contribution in [0.15, 0.2) is 59.1 Å². The number of hydrogen-bond acceptors (Lipinski definition) is 13. The zero-order valence-electron chi connectivity index (χ0n) is 40.7. The van der Waals surface area contributed by atoms with Gasteiger partial charge in [0, 0.05) is 58.8 Å². The number of aryl methyl sites for hydroxylation is 2. The van der Waals surface area contributed by atoms with E-state index in [-0.39, 0.29) is 67.9 Å². The van der Waals surface area contributed by atoms with Crippen LogP contribution in [0.1, 0.15) is 100 Å². The minimum absolute atomic E-state index is 0.0509. The van der Waals surface area contributed by atoms with Crippen LogP contribution in [0.3, 0.4) is 0 Å². The Labute approximate surface area is 415 Å². The van der Waals surface area contributed by atoms with Crippen LogP contribution in [-0.2, 0) is 47.8 Å². The molecule has 3 fully saturated rings. The van der Waals surface area contributed by atoms with Crippen LogP contribution in [0.4, 0.5) is 13.2 Å². The van der Waals surface area contributed by atoms with Crippen LogP contribution in [0, 0.1) is 17.8 Å². The van der Waals surface area contributed by atoms with Crippen LogP contribution >= 0.6 is 11.3 Å². The Morgan fingerprint density at radius 2 is 1.62 bits per heavy atom. The van der Waals surface area contributed by atoms with Gasteiger partial charge in [-0.2, -0.15) is 22.9 Å². The molecular formula is C50H63F3N10O7S. The normalized spacial score (nSPS) is 18.2. The molecule has 4 aromatic rings. The van der Waals surface area contributed by atoms with Crippen molar-refractivity contribution in [2.75, 3.05) is 59.2 Å². The van der Waals surface area contributed by atoms with Gasteiger partial charge in [0.05, 0.1) is 22.7 Å². The third-order valence-corrected chi connectivity index (χ3v) is 14.6. The molecule has 0 unspecified atom stereocenters. The lowest BCUT2D eigenvalue weighted by molar-refractivity contribution is -0.147. The Balaban J connectivity index is 0.680. The maximum Gasteiger partial charge on any atom is 0.453 e. The summed E-state index contributed by atoms with van der Waals surface area (Å²) in [6.45, 7) is 10.6. The molecule has 3 N–H and O–H groups in total. The number of nitrogens with one attached hydrogen (secondary N) is 3. The number of aromatic nitrogens is 4. The highest BCUT2D eigenvalue weighted by molar-refractivity contribution is 7.13. The molecule has 2 atom stereocenters. The van der Waals surface area contributed by atoms with Gasteiger partial charge in [-0.1, -0.05) is 57.2 Å². The topological polar surface area (TPSA) is 194 Å². The molecular weight excluding hydrogens is 942 g/mol. The van der Waals surface area contributed by atoms with Gasteiger partial charge in [0.15, 0.2) is 12.4 Å². The maximum atomic E-state index is 14.2. The number of hydrogen-bond donors (Lipinski definition) is 3. The Morgan fingerprint density at radius 1 is 0.887 bits per heavy atom. The first-order valence-electron chi connectivity index (χ1n) is 24.3. The fraction of sp³-hybridized carbons (Fsp3) is 0.560. The fourth-order valence-corrected chi connectivity index (χ4v) is 10.2. The predicted octanol–water partition coefficient (Wildman–Crippen LogP) is 5.86. The van der Waals surface area contributed by atoms with E-state index in [2.05, 4.69) is 36.2 Å². The number of amides is 4. The van der Waals surface area contributed by atoms with Crippen LogP contribution in [0.2, 0.25) is 0 Å². The van der Waals surface area contributed by atoms with Gasteiger partial charge in [-0.25, -0.2) is 4.98 Å². The first-order valence-corrected chi connectivity index (χ1v) is 25.2. The number of carbonyl (C=O) groups is 4. The number of benzene rings is 2. The molecule has 5 heterocycles. The average molecular weight is 1010 g/mol. The summed E-state index contributed by atoms with van der Waals surface area (Å²) in [4.78, 5) is 62.6. The summed E-state index contributed by atoms with van der Waals surface area (Å²) in [6, 6.07) is 14.2. The first kappa shape index (κ1) is 51.4. The van der Waals surface area contributed by atoms with Crippen molar-refractivity contribution in [1.82, 2.24) is 45.6 Å². The highest BCUT2D eigenvalue weighted by Gasteiger charge is 2.56. The van der Waals surface area contributed by atoms with Gasteiger partial charge >= 0.3 is 6.18 Å². The van der Waals surface area contributed by atoms with Crippen molar-refractivity contribution in [1.29, 1.82) is 0 Å². The van der Waals surface area contributed by atoms with Gasteiger partial charge < -0.3 is 40.0 Å². The maximum absolute atomic E-state index is 14.2. The largest absolute Gasteiger partial charge is 0.484 e. The van der Waals surface area contributed by atoms with E-state index in [0.717, 1.165) is 57.6 Å². The summed E-state index contributed by atoms with van der Waals surface area (Å²) in [5.41, 5.74) is 5.28. The van der Waals surface area contributed by atoms with E-state index in [1.165, 1.54) is 0 Å². The number of carbonyl (C=O) groups excluding carboxylic acids is 4. The lowest BCUT2D eigenvalue weighted by Crippen LogP contribution is -2.58. The van der Waals surface area contributed by atoms with E-state index < -0.39 is 35.4 Å². The van der Waals surface area contributed by atoms with Crippen LogP contribution in [0.25, 0.3) is 10.4 Å². The van der Waals surface area contributed by atoms with Crippen molar-refractivity contribution < 1.29 is 46.6 Å². The summed E-state index contributed by atoms with van der Waals surface area (Å²) in [5, 5.41) is 19.9. The van der Waals surface area contributed by atoms with E-state index in [1.54, 1.807) is 16.2 Å². The summed E-state index contributed by atoms with van der Waals surface area (Å²) >= 11 is 1.59. The number of ether oxygens (including phenoxy) is 3. The second-order valence-electron chi connectivity index (χ2n) is 20.0. The molecule has 2 aromatic heterocycles. The number of fused-ring (bicyclic) bond motifs is 1. The third-order valence-electron chi connectivity index (χ3n) is 13.6. The Kier molecular flexibility index (Phi) is 16.1. The molecule has 4 amide bonds. The van der Waals surface area contributed by atoms with Crippen molar-refractivity contribution in [3.8, 4) is 16.2 Å². The van der Waals surface area contributed by atoms with E-state index in [9.17, 15) is 32.3 Å². The van der Waals surface area contributed by atoms with Gasteiger partial charge in [0.25, 0.3) is 11.7 Å². The van der Waals surface area contributed by atoms with Crippen LogP contribution < -0.4 is 20.7 Å². The van der Waals surface area contributed by atoms with E-state index in [0.29, 0.717) is 70.1 Å². The number of rotatable bonds is 19. The van der Waals surface area contributed by atoms with E-state index >= 15 is 0 Å². The number of alkyl halides is 3. The van der Waals surface area contributed by atoms with Gasteiger partial charge in [-0.15, -0.1) is 21.5 Å². The van der Waals surface area contributed by atoms with Crippen LogP contribution in [-0.4, -0.2) is 130 Å². The summed E-state index contributed by atoms with van der Waals surface area (Å²) in [7, 11) is 0. The average Bonchev–Trinajstić information content (AvgIpc) is 3.60. The standard InChI is InChI=1S/C50H63F3N10O7S/c1-32-43(71-31-56-32)36-8-6-33(7-9-36)27-55-45(66)38-26-49(18-19-49)30-62(38)46(67)44(48(2,3)4)57-42(65)28-69-24-5-23-68-25-20-54-41(64)29-70-37-12-10-34(11-13-37)35-16-21-61(22-17-35)40-15-14-39-58-59-47(50(51,52)53)63(39)60-40/h6-13,31,35,38,44H,5,14-30H2,1-4H3,(H,54,64)(H,55,66)(H,57,65)/t38-,44+/m0/s1. The monoisotopic (exact) mass is 1000 g/mol. The number of amidine groups is 1. The Bertz CT molecular complexity index is 2530. The van der Waals surface area contributed by atoms with Gasteiger partial charge in [-0.3, -0.25) is 19.2 Å². The van der Waals surface area contributed by atoms with E-state index in [4.69, 9.17) is 14.2 Å². The molecule has 3 aliphatic heterocycles. The van der Waals surface area contributed by atoms with E-state index in [1.807, 2.05) is 86.6 Å². The molecule has 2 saturated heterocycles. The number of likely N-dealkylation sites (tertiary alicyclic amines) is 2. The lowest BCUT2D eigenvalue weighted by Gasteiger charge is -2.35. The molecule has 4 aliphatic rings. The summed E-state index contributed by atoms with van der Waals surface area (Å²) < 4.78 is 57.9. The van der Waals surface area contributed by atoms with Crippen molar-refractivity contribution in [2.24, 2.45) is 15.9 Å². The third kappa shape index (κ3) is 13.1. The molecule has 1 spiro atoms. The summed E-state index contributed by atoms with van der Waals surface area (Å²) in [5.74, 6) is -0.646. The molecule has 17 nitrogen and oxygen atoms in total. The second-order valence-corrected chi connectivity index (χ2v) is 20.8. The van der Waals surface area contributed by atoms with Crippen LogP contribution in [0.5, 0.6) is 5.75 Å². The van der Waals surface area contributed by atoms with Gasteiger partial charge in [0.1, 0.15) is 30.3 Å². The SMILES string of the molecule is Cc1ncsc1-c1ccc(CNC(=O)[C@@H]2CC3(CC3)CN2C(=O)[C@@H](NC(=O)COCCCOCCNC(=O)COc2ccc(C3CCN(C4=Nn5c(nnc5C(F)(F)F)CC4)CC3)cc2)C(C)(C)C)cc1. The smallest absolute Gasteiger partial charge is 0.453 e. The number of halogens is 3. The van der Waals surface area contributed by atoms with Gasteiger partial charge in [-0.05, 0) is 91.0 Å². The van der Waals surface area contributed by atoms with Crippen molar-refractivity contribution in [3.63, 3.8) is 0 Å². The molecule has 8 rings (SSSR count). The van der Waals surface area contributed by atoms with Crippen molar-refractivity contribution in [3.05, 3.63) is 82.5 Å². The molecule has 0 radical (unpaired) electrons. The molecule has 71 heavy (non-hydrogen) atoms. The first-order chi connectivity index (χ1) is 34.0. The minimum atomic E-state index is -4.63. The number of piperidine rings is 1. The summed E-state index contributed by atoms with van der Waals surface area (Å²) in [6.07, 6.45) is 0.903. The molecule has 2 aromatic carbocycles. The highest BCUT2D eigenvalue weighted by atomic mass is 32.1. The molecule has 1 saturated carbocycles. The zero-order valence-corrected chi connectivity index (χ0v) is 41.5. The molecule has 382 valence electrons. The lowest BCUT2D eigenvalue weighted by atomic mass is 9.85. The second kappa shape index (κ2) is 22.2. The number of thiazole rings is 1. The molecule has 1 aliphatic carbocycles. The quantitative estimate of drug-likeness (QED) is 0.0953. The van der Waals surface area contributed by atoms with Gasteiger partial charge in [0.2, 0.25) is 17.7 Å². The van der Waals surface area contributed by atoms with Crippen molar-refractivity contribution in [2.45, 2.75) is 110 Å². The Hall–Kier alpha value is -5.93. The minimum Gasteiger partial charge on any atom is -0.484 e. The molecule has 21 heteroatoms.